The maximum absolute atomic E-state index is 12.5. The molecule has 1 aromatic carbocycles. The first-order valence-corrected chi connectivity index (χ1v) is 13.3. The Balaban J connectivity index is 1.03. The number of fused-ring (bicyclic) bond motifs is 2. The Morgan fingerprint density at radius 3 is 2.34 bits per heavy atom. The normalized spacial score (nSPS) is 21.1. The highest BCUT2D eigenvalue weighted by atomic mass is 32.2. The molecule has 2 N–H and O–H groups in total. The highest BCUT2D eigenvalue weighted by Gasteiger charge is 2.47. The quantitative estimate of drug-likeness (QED) is 0.558. The summed E-state index contributed by atoms with van der Waals surface area (Å²) < 4.78 is 0. The smallest absolute Gasteiger partial charge is 0.226 e. The molecule has 0 unspecified atom stereocenters. The van der Waals surface area contributed by atoms with Gasteiger partial charge in [0.1, 0.15) is 10.8 Å². The van der Waals surface area contributed by atoms with E-state index >= 15 is 0 Å². The third kappa shape index (κ3) is 3.93. The van der Waals surface area contributed by atoms with Crippen LogP contribution in [0, 0.1) is 5.41 Å². The van der Waals surface area contributed by atoms with Crippen LogP contribution in [0.15, 0.2) is 58.8 Å². The van der Waals surface area contributed by atoms with Crippen LogP contribution in [-0.4, -0.2) is 39.5 Å². The van der Waals surface area contributed by atoms with E-state index in [1.165, 1.54) is 48.6 Å². The molecule has 1 amide bonds. The van der Waals surface area contributed by atoms with Crippen molar-refractivity contribution in [2.45, 2.75) is 60.4 Å². The molecule has 1 saturated carbocycles. The van der Waals surface area contributed by atoms with Crippen molar-refractivity contribution < 1.29 is 4.79 Å². The molecule has 0 radical (unpaired) electrons. The zero-order chi connectivity index (χ0) is 23.5. The number of hydrogen-bond acceptors (Lipinski definition) is 7. The van der Waals surface area contributed by atoms with Gasteiger partial charge < -0.3 is 15.5 Å². The lowest BCUT2D eigenvalue weighted by Crippen LogP contribution is -2.41. The summed E-state index contributed by atoms with van der Waals surface area (Å²) in [4.78, 5) is 29.7. The number of benzene rings is 1. The molecule has 3 aromatic rings. The van der Waals surface area contributed by atoms with Crippen LogP contribution in [0.2, 0.25) is 0 Å². The second kappa shape index (κ2) is 7.95. The van der Waals surface area contributed by atoms with Crippen LogP contribution in [-0.2, 0) is 17.6 Å². The minimum Gasteiger partial charge on any atom is -0.362 e. The van der Waals surface area contributed by atoms with Gasteiger partial charge in [-0.25, -0.2) is 15.0 Å². The van der Waals surface area contributed by atoms with E-state index in [1.807, 2.05) is 18.5 Å². The number of rotatable bonds is 3. The Morgan fingerprint density at radius 1 is 0.886 bits per heavy atom. The van der Waals surface area contributed by atoms with E-state index < -0.39 is 0 Å². The summed E-state index contributed by atoms with van der Waals surface area (Å²) in [6.07, 6.45) is 12.8. The van der Waals surface area contributed by atoms with Crippen molar-refractivity contribution in [1.29, 1.82) is 0 Å². The molecule has 2 aliphatic carbocycles. The van der Waals surface area contributed by atoms with E-state index in [1.54, 1.807) is 6.20 Å². The van der Waals surface area contributed by atoms with E-state index in [-0.39, 0.29) is 11.4 Å². The number of carbonyl (C=O) groups is 1. The summed E-state index contributed by atoms with van der Waals surface area (Å²) in [5.74, 6) is 1.73. The second-order valence-electron chi connectivity index (χ2n) is 10.6. The van der Waals surface area contributed by atoms with Crippen molar-refractivity contribution in [3.8, 4) is 0 Å². The highest BCUT2D eigenvalue weighted by molar-refractivity contribution is 7.99. The van der Waals surface area contributed by atoms with Crippen LogP contribution in [0.3, 0.4) is 0 Å². The number of piperidine rings is 1. The summed E-state index contributed by atoms with van der Waals surface area (Å²) in [6.45, 7) is 2.04. The Labute approximate surface area is 209 Å². The fourth-order valence-electron chi connectivity index (χ4n) is 5.96. The molecule has 35 heavy (non-hydrogen) atoms. The van der Waals surface area contributed by atoms with Crippen molar-refractivity contribution in [1.82, 2.24) is 15.0 Å². The molecule has 7 nitrogen and oxygen atoms in total. The summed E-state index contributed by atoms with van der Waals surface area (Å²) in [5.41, 5.74) is 4.13. The van der Waals surface area contributed by atoms with Crippen LogP contribution in [0.5, 0.6) is 0 Å². The van der Waals surface area contributed by atoms with Crippen LogP contribution >= 0.6 is 11.8 Å². The van der Waals surface area contributed by atoms with E-state index in [2.05, 4.69) is 44.8 Å². The van der Waals surface area contributed by atoms with Crippen molar-refractivity contribution >= 4 is 35.0 Å². The molecular weight excluding hydrogens is 456 g/mol. The topological polar surface area (TPSA) is 83.0 Å². The van der Waals surface area contributed by atoms with Gasteiger partial charge in [0, 0.05) is 36.1 Å². The standard InChI is InChI=1S/C27H28N6OS/c34-22-15-27(6-7-27)32-25-24(31-22)20(5-10-28-25)35-23-17-29-21(16-30-23)33-11-8-26(9-12-33)13-18-3-1-2-4-19(18)14-26/h1-5,10,16-17H,6-9,11-15H2,(H,28,32)(H,31,34). The fourth-order valence-corrected chi connectivity index (χ4v) is 6.77. The van der Waals surface area contributed by atoms with Crippen LogP contribution in [0.25, 0.3) is 0 Å². The van der Waals surface area contributed by atoms with Gasteiger partial charge in [-0.2, -0.15) is 0 Å². The number of pyridine rings is 1. The zero-order valence-electron chi connectivity index (χ0n) is 19.6. The van der Waals surface area contributed by atoms with Gasteiger partial charge in [-0.15, -0.1) is 0 Å². The molecule has 2 aromatic heterocycles. The molecule has 1 saturated heterocycles. The largest absolute Gasteiger partial charge is 0.362 e. The number of carbonyl (C=O) groups excluding carboxylic acids is 1. The van der Waals surface area contributed by atoms with Crippen LogP contribution in [0.1, 0.15) is 43.2 Å². The number of nitrogens with zero attached hydrogens (tertiary/aromatic N) is 4. The minimum atomic E-state index is -0.110. The van der Waals surface area contributed by atoms with Gasteiger partial charge in [0.2, 0.25) is 5.91 Å². The lowest BCUT2D eigenvalue weighted by atomic mass is 9.76. The lowest BCUT2D eigenvalue weighted by Gasteiger charge is -2.39. The highest BCUT2D eigenvalue weighted by Crippen LogP contribution is 2.47. The van der Waals surface area contributed by atoms with Gasteiger partial charge >= 0.3 is 0 Å². The van der Waals surface area contributed by atoms with Gasteiger partial charge in [-0.1, -0.05) is 36.0 Å². The molecule has 8 heteroatoms. The van der Waals surface area contributed by atoms with Gasteiger partial charge in [0.25, 0.3) is 0 Å². The van der Waals surface area contributed by atoms with Crippen molar-refractivity contribution in [2.75, 3.05) is 28.6 Å². The van der Waals surface area contributed by atoms with Crippen molar-refractivity contribution in [3.63, 3.8) is 0 Å². The van der Waals surface area contributed by atoms with Crippen LogP contribution in [0.4, 0.5) is 17.3 Å². The third-order valence-electron chi connectivity index (χ3n) is 8.14. The SMILES string of the molecule is O=C1CC2(CC2)Nc2nccc(Sc3cnc(N4CCC5(CC4)Cc4ccccc4C5)cn3)c2N1. The Bertz CT molecular complexity index is 1270. The maximum atomic E-state index is 12.5. The van der Waals surface area contributed by atoms with E-state index in [4.69, 9.17) is 9.97 Å². The lowest BCUT2D eigenvalue weighted by molar-refractivity contribution is -0.116. The van der Waals surface area contributed by atoms with E-state index in [9.17, 15) is 4.79 Å². The number of anilines is 3. The predicted molar refractivity (Wildman–Crippen MR) is 137 cm³/mol. The summed E-state index contributed by atoms with van der Waals surface area (Å²) in [7, 11) is 0. The maximum Gasteiger partial charge on any atom is 0.226 e. The second-order valence-corrected chi connectivity index (χ2v) is 11.6. The molecule has 7 rings (SSSR count). The van der Waals surface area contributed by atoms with E-state index in [0.717, 1.165) is 53.2 Å². The minimum absolute atomic E-state index is 0.0401. The third-order valence-corrected chi connectivity index (χ3v) is 9.12. The van der Waals surface area contributed by atoms with Gasteiger partial charge in [-0.05, 0) is 61.1 Å². The monoisotopic (exact) mass is 484 g/mol. The molecular formula is C27H28N6OS. The average molecular weight is 485 g/mol. The van der Waals surface area contributed by atoms with Gasteiger partial charge in [0.05, 0.1) is 18.1 Å². The average Bonchev–Trinajstić information content (AvgIpc) is 3.55. The summed E-state index contributed by atoms with van der Waals surface area (Å²) in [5, 5.41) is 7.36. The molecule has 2 spiro atoms. The number of amides is 1. The van der Waals surface area contributed by atoms with Gasteiger partial charge in [-0.3, -0.25) is 4.79 Å². The summed E-state index contributed by atoms with van der Waals surface area (Å²) in [6, 6.07) is 10.9. The van der Waals surface area contributed by atoms with Crippen molar-refractivity contribution in [2.24, 2.45) is 5.41 Å². The van der Waals surface area contributed by atoms with Crippen molar-refractivity contribution in [3.05, 3.63) is 60.0 Å². The fraction of sp³-hybridized carbons (Fsp3) is 0.407. The molecule has 0 bridgehead atoms. The van der Waals surface area contributed by atoms with Crippen LogP contribution < -0.4 is 15.5 Å². The Kier molecular flexibility index (Phi) is 4.81. The first kappa shape index (κ1) is 21.2. The Morgan fingerprint density at radius 2 is 1.66 bits per heavy atom. The predicted octanol–water partition coefficient (Wildman–Crippen LogP) is 4.69. The number of aromatic nitrogens is 3. The first-order chi connectivity index (χ1) is 17.1. The zero-order valence-corrected chi connectivity index (χ0v) is 20.4. The molecule has 0 atom stereocenters. The molecule has 4 heterocycles. The number of nitrogens with one attached hydrogen (secondary N) is 2. The Hall–Kier alpha value is -3.13. The molecule has 2 fully saturated rings. The molecule has 4 aliphatic rings. The number of hydrogen-bond donors (Lipinski definition) is 2. The molecule has 178 valence electrons. The first-order valence-electron chi connectivity index (χ1n) is 12.5. The van der Waals surface area contributed by atoms with Gasteiger partial charge in [0.15, 0.2) is 5.82 Å². The van der Waals surface area contributed by atoms with E-state index in [0.29, 0.717) is 11.8 Å². The molecule has 2 aliphatic heterocycles. The summed E-state index contributed by atoms with van der Waals surface area (Å²) >= 11 is 1.51.